The smallest absolute Gasteiger partial charge is 0.265 e. The molecular weight excluding hydrogens is 681 g/mol. The van der Waals surface area contributed by atoms with E-state index in [4.69, 9.17) is 20.1 Å². The molecule has 0 aliphatic carbocycles. The maximum absolute atomic E-state index is 12.7. The molecule has 0 heterocycles. The summed E-state index contributed by atoms with van der Waals surface area (Å²) in [5.41, 5.74) is 2.73. The summed E-state index contributed by atoms with van der Waals surface area (Å²) < 4.78 is 19.2. The first-order valence-corrected chi connectivity index (χ1v) is 24.2. The summed E-state index contributed by atoms with van der Waals surface area (Å²) in [6.45, 7) is 8.65. The average Bonchev–Trinajstić information content (AvgIpc) is 3.20. The fourth-order valence-corrected chi connectivity index (χ4v) is 7.52. The molecule has 0 saturated heterocycles. The Morgan fingerprint density at radius 2 is 0.636 bits per heavy atom. The molecule has 0 aromatic heterocycles. The third-order valence-corrected chi connectivity index (χ3v) is 11.2. The quantitative estimate of drug-likeness (QED) is 0.0299. The number of unbranched alkanes of at least 4 members (excludes halogenated alkanes) is 33. The van der Waals surface area contributed by atoms with Gasteiger partial charge in [-0.05, 0) is 31.4 Å². The van der Waals surface area contributed by atoms with Crippen molar-refractivity contribution in [2.75, 3.05) is 19.8 Å². The molecule has 0 aliphatic heterocycles. The minimum atomic E-state index is -0.349. The van der Waals surface area contributed by atoms with Crippen LogP contribution >= 0.6 is 0 Å². The van der Waals surface area contributed by atoms with Gasteiger partial charge in [-0.3, -0.25) is 10.2 Å². The summed E-state index contributed by atoms with van der Waals surface area (Å²) in [7, 11) is 0. The average molecular weight is 773 g/mol. The lowest BCUT2D eigenvalue weighted by atomic mass is 10.1. The van der Waals surface area contributed by atoms with E-state index >= 15 is 0 Å². The summed E-state index contributed by atoms with van der Waals surface area (Å²) in [5, 5.41) is 0. The Morgan fingerprint density at radius 3 is 0.891 bits per heavy atom. The van der Waals surface area contributed by atoms with Crippen molar-refractivity contribution in [2.24, 2.45) is 5.84 Å². The van der Waals surface area contributed by atoms with Gasteiger partial charge in [0.05, 0.1) is 19.8 Å². The molecule has 0 aliphatic rings. The summed E-state index contributed by atoms with van der Waals surface area (Å²) in [5.74, 6) is 7.04. The molecule has 1 aromatic rings. The van der Waals surface area contributed by atoms with E-state index in [1.165, 1.54) is 193 Å². The largest absolute Gasteiger partial charge is 0.490 e. The molecule has 0 unspecified atom stereocenters. The van der Waals surface area contributed by atoms with Gasteiger partial charge < -0.3 is 14.2 Å². The maximum atomic E-state index is 12.7. The molecular formula is C49H92N2O4. The van der Waals surface area contributed by atoms with Crippen molar-refractivity contribution in [3.63, 3.8) is 0 Å². The number of nitrogen functional groups attached to an aromatic ring is 1. The number of hydrogen-bond acceptors (Lipinski definition) is 5. The number of amides is 1. The number of carbonyl (C=O) groups excluding carboxylic acids is 1. The van der Waals surface area contributed by atoms with Gasteiger partial charge >= 0.3 is 0 Å². The monoisotopic (exact) mass is 773 g/mol. The van der Waals surface area contributed by atoms with Crippen molar-refractivity contribution < 1.29 is 19.0 Å². The van der Waals surface area contributed by atoms with Gasteiger partial charge in [0.15, 0.2) is 11.5 Å². The zero-order valence-electron chi connectivity index (χ0n) is 36.9. The minimum Gasteiger partial charge on any atom is -0.490 e. The lowest BCUT2D eigenvalue weighted by molar-refractivity contribution is 0.0952. The van der Waals surface area contributed by atoms with Crippen molar-refractivity contribution in [2.45, 2.75) is 252 Å². The summed E-state index contributed by atoms with van der Waals surface area (Å²) >= 11 is 0. The first-order chi connectivity index (χ1) is 27.2. The standard InChI is InChI=1S/C49H92N2O4/c1-4-7-10-13-16-19-22-25-28-31-34-37-40-53-46-43-45(49(52)51-50)44-47(54-41-38-35-32-29-26-23-20-17-14-11-8-5-2)48(46)55-42-39-36-33-30-27-24-21-18-15-12-9-6-3/h43-44H,4-42,50H2,1-3H3,(H,51,52). The maximum Gasteiger partial charge on any atom is 0.265 e. The van der Waals surface area contributed by atoms with Crippen LogP contribution in [0.2, 0.25) is 0 Å². The highest BCUT2D eigenvalue weighted by atomic mass is 16.5. The molecule has 0 radical (unpaired) electrons. The van der Waals surface area contributed by atoms with Gasteiger partial charge in [0, 0.05) is 5.56 Å². The Labute approximate surface area is 341 Å². The van der Waals surface area contributed by atoms with E-state index in [0.29, 0.717) is 42.6 Å². The molecule has 0 bridgehead atoms. The number of nitrogens with two attached hydrogens (primary N) is 1. The Bertz CT molecular complexity index is 919. The lowest BCUT2D eigenvalue weighted by Gasteiger charge is -2.19. The van der Waals surface area contributed by atoms with Crippen LogP contribution in [0, 0.1) is 0 Å². The summed E-state index contributed by atoms with van der Waals surface area (Å²) in [6, 6.07) is 3.55. The Kier molecular flexibility index (Phi) is 37.4. The van der Waals surface area contributed by atoms with Crippen molar-refractivity contribution in [3.05, 3.63) is 17.7 Å². The van der Waals surface area contributed by atoms with Crippen molar-refractivity contribution in [3.8, 4) is 17.2 Å². The zero-order valence-corrected chi connectivity index (χ0v) is 36.9. The van der Waals surface area contributed by atoms with Gasteiger partial charge in [0.1, 0.15) is 0 Å². The minimum absolute atomic E-state index is 0.349. The first kappa shape index (κ1) is 51.1. The van der Waals surface area contributed by atoms with Crippen molar-refractivity contribution in [1.82, 2.24) is 5.43 Å². The second kappa shape index (κ2) is 40.3. The van der Waals surface area contributed by atoms with E-state index in [0.717, 1.165) is 38.5 Å². The normalized spacial score (nSPS) is 11.3. The van der Waals surface area contributed by atoms with Crippen LogP contribution in [0.5, 0.6) is 17.2 Å². The number of carbonyl (C=O) groups is 1. The highest BCUT2D eigenvalue weighted by molar-refractivity contribution is 5.95. The van der Waals surface area contributed by atoms with Crippen LogP contribution in [0.25, 0.3) is 0 Å². The van der Waals surface area contributed by atoms with Crippen molar-refractivity contribution >= 4 is 5.91 Å². The van der Waals surface area contributed by atoms with Gasteiger partial charge in [-0.2, -0.15) is 0 Å². The number of benzene rings is 1. The molecule has 55 heavy (non-hydrogen) atoms. The fraction of sp³-hybridized carbons (Fsp3) is 0.857. The van der Waals surface area contributed by atoms with Crippen LogP contribution < -0.4 is 25.5 Å². The van der Waals surface area contributed by atoms with E-state index in [2.05, 4.69) is 26.2 Å². The fourth-order valence-electron chi connectivity index (χ4n) is 7.52. The van der Waals surface area contributed by atoms with Crippen LogP contribution in [0.4, 0.5) is 0 Å². The van der Waals surface area contributed by atoms with Gasteiger partial charge in [-0.15, -0.1) is 0 Å². The third-order valence-electron chi connectivity index (χ3n) is 11.2. The molecule has 3 N–H and O–H groups in total. The molecule has 1 aromatic carbocycles. The first-order valence-electron chi connectivity index (χ1n) is 24.2. The topological polar surface area (TPSA) is 82.8 Å². The number of hydrazine groups is 1. The second-order valence-corrected chi connectivity index (χ2v) is 16.5. The molecule has 0 atom stereocenters. The van der Waals surface area contributed by atoms with Crippen molar-refractivity contribution in [1.29, 1.82) is 0 Å². The van der Waals surface area contributed by atoms with Gasteiger partial charge in [0.2, 0.25) is 5.75 Å². The number of rotatable bonds is 43. The molecule has 322 valence electrons. The van der Waals surface area contributed by atoms with Crippen LogP contribution in [0.15, 0.2) is 12.1 Å². The van der Waals surface area contributed by atoms with Gasteiger partial charge in [0.25, 0.3) is 5.91 Å². The molecule has 1 rings (SSSR count). The highest BCUT2D eigenvalue weighted by Gasteiger charge is 2.19. The number of hydrogen-bond donors (Lipinski definition) is 2. The van der Waals surface area contributed by atoms with E-state index in [1.54, 1.807) is 12.1 Å². The molecule has 0 spiro atoms. The predicted molar refractivity (Wildman–Crippen MR) is 238 cm³/mol. The Balaban J connectivity index is 2.61. The number of ether oxygens (including phenoxy) is 3. The van der Waals surface area contributed by atoms with E-state index in [9.17, 15) is 4.79 Å². The second-order valence-electron chi connectivity index (χ2n) is 16.5. The van der Waals surface area contributed by atoms with Crippen LogP contribution in [0.3, 0.4) is 0 Å². The van der Waals surface area contributed by atoms with E-state index < -0.39 is 0 Å². The predicted octanol–water partition coefficient (Wildman–Crippen LogP) is 15.5. The molecule has 6 nitrogen and oxygen atoms in total. The highest BCUT2D eigenvalue weighted by Crippen LogP contribution is 2.40. The molecule has 1 amide bonds. The van der Waals surface area contributed by atoms with Crippen LogP contribution in [-0.4, -0.2) is 25.7 Å². The zero-order chi connectivity index (χ0) is 39.7. The van der Waals surface area contributed by atoms with Gasteiger partial charge in [-0.1, -0.05) is 233 Å². The molecule has 0 fully saturated rings. The Morgan fingerprint density at radius 1 is 0.400 bits per heavy atom. The number of nitrogens with one attached hydrogen (secondary N) is 1. The summed E-state index contributed by atoms with van der Waals surface area (Å²) in [6.07, 6.45) is 47.0. The van der Waals surface area contributed by atoms with E-state index in [-0.39, 0.29) is 5.91 Å². The SMILES string of the molecule is CCCCCCCCCCCCCCOc1cc(C(=O)NN)cc(OCCCCCCCCCCCCCC)c1OCCCCCCCCCCCCCC. The lowest BCUT2D eigenvalue weighted by Crippen LogP contribution is -2.30. The van der Waals surface area contributed by atoms with Crippen LogP contribution in [-0.2, 0) is 0 Å². The Hall–Kier alpha value is -1.95. The molecule has 6 heteroatoms. The summed E-state index contributed by atoms with van der Waals surface area (Å²) in [4.78, 5) is 12.7. The molecule has 0 saturated carbocycles. The van der Waals surface area contributed by atoms with Gasteiger partial charge in [-0.25, -0.2) is 5.84 Å². The van der Waals surface area contributed by atoms with Crippen LogP contribution in [0.1, 0.15) is 262 Å². The third kappa shape index (κ3) is 30.8. The van der Waals surface area contributed by atoms with E-state index in [1.807, 2.05) is 0 Å².